The molecule has 10 nitrogen and oxygen atoms in total. The first-order valence-corrected chi connectivity index (χ1v) is 15.4. The van der Waals surface area contributed by atoms with Crippen molar-refractivity contribution in [2.24, 2.45) is 0 Å². The third kappa shape index (κ3) is 5.21. The monoisotopic (exact) mass is 541 g/mol. The second-order valence-electron chi connectivity index (χ2n) is 9.64. The predicted molar refractivity (Wildman–Crippen MR) is 147 cm³/mol. The molecule has 3 aromatic heterocycles. The van der Waals surface area contributed by atoms with E-state index < -0.39 is 10.0 Å². The molecule has 4 aromatic rings. The fourth-order valence-corrected chi connectivity index (χ4v) is 7.10. The van der Waals surface area contributed by atoms with Crippen molar-refractivity contribution < 1.29 is 13.2 Å². The first-order valence-electron chi connectivity index (χ1n) is 12.7. The molecule has 196 valence electrons. The average Bonchev–Trinajstić information content (AvgIpc) is 3.55. The lowest BCUT2D eigenvalue weighted by atomic mass is 10.1. The summed E-state index contributed by atoms with van der Waals surface area (Å²) in [6, 6.07) is 8.29. The van der Waals surface area contributed by atoms with Gasteiger partial charge in [-0.05, 0) is 31.5 Å². The standard InChI is InChI=1S/C25H31N7O3S2/c1-37(33,34)32-10-8-30(9-11-32)7-3-4-18-16-22-23(36-18)25(31-12-14-35-15-13-31)28-24(27-22)19-5-2-6-21-20(19)17-26-29-21/h2,5-6,16-17H,3-4,7-15H2,1H3,(H,26,29). The van der Waals surface area contributed by atoms with Crippen LogP contribution in [0.3, 0.4) is 0 Å². The number of aryl methyl sites for hydroxylation is 1. The van der Waals surface area contributed by atoms with Gasteiger partial charge in [0.05, 0.1) is 41.4 Å². The fraction of sp³-hybridized carbons (Fsp3) is 0.480. The van der Waals surface area contributed by atoms with Crippen molar-refractivity contribution >= 4 is 48.3 Å². The number of thiophene rings is 1. The number of nitrogens with zero attached hydrogens (tertiary/aromatic N) is 6. The zero-order valence-electron chi connectivity index (χ0n) is 20.9. The molecule has 0 unspecified atom stereocenters. The summed E-state index contributed by atoms with van der Waals surface area (Å²) in [5.41, 5.74) is 2.93. The molecule has 0 bridgehead atoms. The van der Waals surface area contributed by atoms with E-state index in [-0.39, 0.29) is 0 Å². The summed E-state index contributed by atoms with van der Waals surface area (Å²) in [4.78, 5) is 16.1. The summed E-state index contributed by atoms with van der Waals surface area (Å²) in [5.74, 6) is 1.70. The summed E-state index contributed by atoms with van der Waals surface area (Å²) < 4.78 is 31.8. The second-order valence-corrected chi connectivity index (χ2v) is 12.8. The Labute approximate surface area is 220 Å². The van der Waals surface area contributed by atoms with Gasteiger partial charge in [0.15, 0.2) is 11.6 Å². The minimum Gasteiger partial charge on any atom is -0.378 e. The molecule has 12 heteroatoms. The molecular formula is C25H31N7O3S2. The van der Waals surface area contributed by atoms with Crippen molar-refractivity contribution in [1.29, 1.82) is 0 Å². The lowest BCUT2D eigenvalue weighted by Gasteiger charge is -2.33. The minimum atomic E-state index is -3.10. The van der Waals surface area contributed by atoms with Gasteiger partial charge in [0.1, 0.15) is 0 Å². The van der Waals surface area contributed by atoms with Gasteiger partial charge in [-0.3, -0.25) is 5.10 Å². The van der Waals surface area contributed by atoms with E-state index in [4.69, 9.17) is 14.7 Å². The van der Waals surface area contributed by atoms with Crippen LogP contribution in [0.4, 0.5) is 5.82 Å². The minimum absolute atomic E-state index is 0.576. The van der Waals surface area contributed by atoms with Crippen LogP contribution >= 0.6 is 11.3 Å². The van der Waals surface area contributed by atoms with E-state index in [1.54, 1.807) is 15.6 Å². The molecule has 0 radical (unpaired) electrons. The molecule has 2 aliphatic heterocycles. The van der Waals surface area contributed by atoms with Crippen LogP contribution < -0.4 is 4.90 Å². The highest BCUT2D eigenvalue weighted by Crippen LogP contribution is 2.36. The molecule has 0 saturated carbocycles. The smallest absolute Gasteiger partial charge is 0.211 e. The number of H-pyrrole nitrogens is 1. The van der Waals surface area contributed by atoms with Crippen LogP contribution in [0.25, 0.3) is 32.5 Å². The number of piperazine rings is 1. The normalized spacial score (nSPS) is 18.2. The molecular weight excluding hydrogens is 510 g/mol. The fourth-order valence-electron chi connectivity index (χ4n) is 5.12. The van der Waals surface area contributed by atoms with Crippen molar-refractivity contribution in [2.45, 2.75) is 12.8 Å². The highest BCUT2D eigenvalue weighted by molar-refractivity contribution is 7.88. The van der Waals surface area contributed by atoms with Crippen molar-refractivity contribution in [3.63, 3.8) is 0 Å². The number of ether oxygens (including phenoxy) is 1. The van der Waals surface area contributed by atoms with Crippen molar-refractivity contribution in [3.8, 4) is 11.4 Å². The van der Waals surface area contributed by atoms with Gasteiger partial charge >= 0.3 is 0 Å². The number of aromatic nitrogens is 4. The second kappa shape index (κ2) is 10.3. The van der Waals surface area contributed by atoms with E-state index in [1.807, 2.05) is 18.3 Å². The quantitative estimate of drug-likeness (QED) is 0.381. The molecule has 0 aliphatic carbocycles. The Balaban J connectivity index is 1.24. The number of sulfonamides is 1. The molecule has 2 fully saturated rings. The lowest BCUT2D eigenvalue weighted by Crippen LogP contribution is -2.48. The summed E-state index contributed by atoms with van der Waals surface area (Å²) in [7, 11) is -3.10. The van der Waals surface area contributed by atoms with Gasteiger partial charge in [-0.25, -0.2) is 18.4 Å². The van der Waals surface area contributed by atoms with Crippen LogP contribution in [0.1, 0.15) is 11.3 Å². The number of morpholine rings is 1. The van der Waals surface area contributed by atoms with E-state index in [1.165, 1.54) is 11.1 Å². The highest BCUT2D eigenvalue weighted by Gasteiger charge is 2.24. The summed E-state index contributed by atoms with van der Waals surface area (Å²) in [6.45, 7) is 6.71. The maximum Gasteiger partial charge on any atom is 0.211 e. The topological polar surface area (TPSA) is 108 Å². The number of fused-ring (bicyclic) bond motifs is 2. The Kier molecular flexibility index (Phi) is 6.84. The van der Waals surface area contributed by atoms with Gasteiger partial charge < -0.3 is 14.5 Å². The van der Waals surface area contributed by atoms with Crippen LogP contribution in [-0.4, -0.2) is 103 Å². The number of aromatic amines is 1. The molecule has 0 atom stereocenters. The van der Waals surface area contributed by atoms with Gasteiger partial charge in [0.2, 0.25) is 10.0 Å². The zero-order valence-corrected chi connectivity index (χ0v) is 22.5. The predicted octanol–water partition coefficient (Wildman–Crippen LogP) is 2.58. The maximum absolute atomic E-state index is 11.8. The van der Waals surface area contributed by atoms with Gasteiger partial charge in [-0.2, -0.15) is 9.40 Å². The van der Waals surface area contributed by atoms with Crippen LogP contribution in [0.5, 0.6) is 0 Å². The number of benzene rings is 1. The van der Waals surface area contributed by atoms with E-state index in [2.05, 4.69) is 32.1 Å². The van der Waals surface area contributed by atoms with E-state index in [0.29, 0.717) is 32.1 Å². The number of rotatable bonds is 7. The van der Waals surface area contributed by atoms with Crippen LogP contribution in [0.2, 0.25) is 0 Å². The Morgan fingerprint density at radius 2 is 1.89 bits per heavy atom. The summed E-state index contributed by atoms with van der Waals surface area (Å²) in [5, 5.41) is 8.27. The third-order valence-corrected chi connectivity index (χ3v) is 9.62. The SMILES string of the molecule is CS(=O)(=O)N1CCN(CCCc2cc3nc(-c4cccc5[nH]ncc45)nc(N4CCOCC4)c3s2)CC1. The highest BCUT2D eigenvalue weighted by atomic mass is 32.2. The van der Waals surface area contributed by atoms with Gasteiger partial charge in [-0.15, -0.1) is 11.3 Å². The number of anilines is 1. The Morgan fingerprint density at radius 3 is 2.68 bits per heavy atom. The maximum atomic E-state index is 11.8. The summed E-state index contributed by atoms with van der Waals surface area (Å²) in [6.07, 6.45) is 5.11. The molecule has 37 heavy (non-hydrogen) atoms. The first kappa shape index (κ1) is 24.7. The number of hydrogen-bond acceptors (Lipinski definition) is 9. The molecule has 2 saturated heterocycles. The van der Waals surface area contributed by atoms with Gasteiger partial charge in [0, 0.05) is 55.1 Å². The molecule has 1 N–H and O–H groups in total. The summed E-state index contributed by atoms with van der Waals surface area (Å²) >= 11 is 1.79. The lowest BCUT2D eigenvalue weighted by molar-refractivity contribution is 0.122. The van der Waals surface area contributed by atoms with Crippen molar-refractivity contribution in [3.05, 3.63) is 35.3 Å². The number of nitrogens with one attached hydrogen (secondary N) is 1. The van der Waals surface area contributed by atoms with Gasteiger partial charge in [-0.1, -0.05) is 12.1 Å². The van der Waals surface area contributed by atoms with Crippen molar-refractivity contribution in [2.75, 3.05) is 70.2 Å². The Morgan fingerprint density at radius 1 is 1.08 bits per heavy atom. The largest absolute Gasteiger partial charge is 0.378 e. The van der Waals surface area contributed by atoms with Crippen LogP contribution in [0, 0.1) is 0 Å². The Hall–Kier alpha value is -2.64. The molecule has 0 amide bonds. The van der Waals surface area contributed by atoms with E-state index >= 15 is 0 Å². The zero-order chi connectivity index (χ0) is 25.4. The first-order chi connectivity index (χ1) is 18.0. The Bertz CT molecular complexity index is 1500. The molecule has 5 heterocycles. The van der Waals surface area contributed by atoms with Gasteiger partial charge in [0.25, 0.3) is 0 Å². The molecule has 2 aliphatic rings. The van der Waals surface area contributed by atoms with E-state index in [9.17, 15) is 8.42 Å². The van der Waals surface area contributed by atoms with Crippen LogP contribution in [-0.2, 0) is 21.2 Å². The van der Waals surface area contributed by atoms with Crippen molar-refractivity contribution in [1.82, 2.24) is 29.4 Å². The molecule has 1 aromatic carbocycles. The molecule has 6 rings (SSSR count). The van der Waals surface area contributed by atoms with E-state index in [0.717, 1.165) is 78.1 Å². The third-order valence-electron chi connectivity index (χ3n) is 7.14. The molecule has 0 spiro atoms. The average molecular weight is 542 g/mol. The number of hydrogen-bond donors (Lipinski definition) is 1. The van der Waals surface area contributed by atoms with Crippen LogP contribution in [0.15, 0.2) is 30.5 Å².